The Bertz CT molecular complexity index is 561. The minimum atomic E-state index is -3.68. The number of hydrogen-bond acceptors (Lipinski definition) is 5. The van der Waals surface area contributed by atoms with E-state index in [9.17, 15) is 8.42 Å². The maximum absolute atomic E-state index is 12.3. The van der Waals surface area contributed by atoms with Crippen LogP contribution in [0, 0.1) is 0 Å². The molecule has 0 bridgehead atoms. The Balaban J connectivity index is 3.18. The van der Waals surface area contributed by atoms with Crippen molar-refractivity contribution in [2.75, 3.05) is 27.9 Å². The van der Waals surface area contributed by atoms with E-state index < -0.39 is 10.0 Å². The summed E-state index contributed by atoms with van der Waals surface area (Å²) >= 11 is 3.23. The fourth-order valence-corrected chi connectivity index (χ4v) is 3.92. The highest BCUT2D eigenvalue weighted by atomic mass is 79.9. The maximum Gasteiger partial charge on any atom is 0.242 e. The van der Waals surface area contributed by atoms with Crippen LogP contribution in [0.4, 0.5) is 0 Å². The molecule has 20 heavy (non-hydrogen) atoms. The number of ether oxygens (including phenoxy) is 3. The van der Waals surface area contributed by atoms with Gasteiger partial charge in [-0.1, -0.05) is 0 Å². The van der Waals surface area contributed by atoms with E-state index in [0.717, 1.165) is 0 Å². The van der Waals surface area contributed by atoms with Gasteiger partial charge in [-0.15, -0.1) is 0 Å². The van der Waals surface area contributed by atoms with Gasteiger partial charge in [0.15, 0.2) is 11.5 Å². The lowest BCUT2D eigenvalue weighted by Gasteiger charge is -2.16. The second-order valence-electron chi connectivity index (χ2n) is 4.12. The smallest absolute Gasteiger partial charge is 0.242 e. The van der Waals surface area contributed by atoms with Gasteiger partial charge in [0.25, 0.3) is 0 Å². The first-order valence-electron chi connectivity index (χ1n) is 5.78. The van der Waals surface area contributed by atoms with Crippen molar-refractivity contribution in [3.05, 3.63) is 16.6 Å². The third-order valence-corrected chi connectivity index (χ3v) is 5.05. The first-order chi connectivity index (χ1) is 9.35. The maximum atomic E-state index is 12.3. The molecule has 0 aliphatic rings. The molecule has 0 aliphatic carbocycles. The minimum Gasteiger partial charge on any atom is -0.493 e. The zero-order valence-electron chi connectivity index (χ0n) is 11.8. The van der Waals surface area contributed by atoms with Crippen molar-refractivity contribution in [2.24, 2.45) is 0 Å². The standard InChI is InChI=1S/C12H18BrNO5S/c1-8(7-17-2)14-20(15,16)12-6-11(19-4)10(18-3)5-9(12)13/h5-6,8,14H,7H2,1-4H3/t8-/m0/s1. The van der Waals surface area contributed by atoms with Gasteiger partial charge in [0.05, 0.1) is 20.8 Å². The predicted octanol–water partition coefficient (Wildman–Crippen LogP) is 1.78. The molecular weight excluding hydrogens is 350 g/mol. The molecule has 0 aliphatic heterocycles. The minimum absolute atomic E-state index is 0.0816. The second-order valence-corrected chi connectivity index (χ2v) is 6.65. The van der Waals surface area contributed by atoms with Gasteiger partial charge in [0.2, 0.25) is 10.0 Å². The summed E-state index contributed by atoms with van der Waals surface area (Å²) in [5.41, 5.74) is 0. The lowest BCUT2D eigenvalue weighted by Crippen LogP contribution is -2.35. The topological polar surface area (TPSA) is 73.9 Å². The lowest BCUT2D eigenvalue weighted by molar-refractivity contribution is 0.180. The summed E-state index contributed by atoms with van der Waals surface area (Å²) < 4.78 is 42.7. The molecule has 0 spiro atoms. The van der Waals surface area contributed by atoms with Crippen molar-refractivity contribution in [2.45, 2.75) is 17.9 Å². The molecule has 0 saturated carbocycles. The normalized spacial score (nSPS) is 13.1. The van der Waals surface area contributed by atoms with E-state index in [1.165, 1.54) is 27.4 Å². The summed E-state index contributed by atoms with van der Waals surface area (Å²) in [6, 6.07) is 2.61. The Morgan fingerprint density at radius 1 is 1.20 bits per heavy atom. The zero-order chi connectivity index (χ0) is 15.3. The molecule has 1 aromatic carbocycles. The van der Waals surface area contributed by atoms with Gasteiger partial charge < -0.3 is 14.2 Å². The molecule has 0 fully saturated rings. The van der Waals surface area contributed by atoms with Gasteiger partial charge in [-0.25, -0.2) is 13.1 Å². The van der Waals surface area contributed by atoms with Gasteiger partial charge in [0, 0.05) is 23.7 Å². The quantitative estimate of drug-likeness (QED) is 0.794. The number of sulfonamides is 1. The molecule has 1 rings (SSSR count). The Morgan fingerprint density at radius 2 is 1.75 bits per heavy atom. The summed E-state index contributed by atoms with van der Waals surface area (Å²) in [4.78, 5) is 0.0816. The summed E-state index contributed by atoms with van der Waals surface area (Å²) in [5, 5.41) is 0. The molecule has 0 saturated heterocycles. The van der Waals surface area contributed by atoms with Crippen molar-refractivity contribution in [3.63, 3.8) is 0 Å². The number of halogens is 1. The molecule has 0 heterocycles. The third kappa shape index (κ3) is 4.08. The van der Waals surface area contributed by atoms with Crippen LogP contribution in [0.25, 0.3) is 0 Å². The molecule has 0 amide bonds. The summed E-state index contributed by atoms with van der Waals surface area (Å²) in [6.45, 7) is 2.00. The molecule has 8 heteroatoms. The number of nitrogens with one attached hydrogen (secondary N) is 1. The van der Waals surface area contributed by atoms with E-state index in [2.05, 4.69) is 20.7 Å². The number of rotatable bonds is 7. The summed E-state index contributed by atoms with van der Waals surface area (Å²) in [5.74, 6) is 0.790. The first kappa shape index (κ1) is 17.2. The largest absolute Gasteiger partial charge is 0.493 e. The van der Waals surface area contributed by atoms with Crippen LogP contribution >= 0.6 is 15.9 Å². The molecular formula is C12H18BrNO5S. The Morgan fingerprint density at radius 3 is 2.25 bits per heavy atom. The van der Waals surface area contributed by atoms with Crippen molar-refractivity contribution in [3.8, 4) is 11.5 Å². The number of methoxy groups -OCH3 is 3. The average molecular weight is 368 g/mol. The van der Waals surface area contributed by atoms with E-state index >= 15 is 0 Å². The summed E-state index contributed by atoms with van der Waals surface area (Å²) in [7, 11) is 0.760. The Kier molecular flexibility index (Phi) is 6.25. The molecule has 1 atom stereocenters. The monoisotopic (exact) mass is 367 g/mol. The van der Waals surface area contributed by atoms with Crippen LogP contribution in [0.2, 0.25) is 0 Å². The predicted molar refractivity (Wildman–Crippen MR) is 78.9 cm³/mol. The highest BCUT2D eigenvalue weighted by Gasteiger charge is 2.23. The number of benzene rings is 1. The van der Waals surface area contributed by atoms with Gasteiger partial charge in [-0.2, -0.15) is 0 Å². The first-order valence-corrected chi connectivity index (χ1v) is 8.06. The lowest BCUT2D eigenvalue weighted by atomic mass is 10.3. The molecule has 1 aromatic rings. The van der Waals surface area contributed by atoms with Gasteiger partial charge in [-0.05, 0) is 28.9 Å². The van der Waals surface area contributed by atoms with E-state index in [0.29, 0.717) is 16.0 Å². The van der Waals surface area contributed by atoms with Gasteiger partial charge in [0.1, 0.15) is 4.90 Å². The SMILES string of the molecule is COC[C@H](C)NS(=O)(=O)c1cc(OC)c(OC)cc1Br. The molecule has 6 nitrogen and oxygen atoms in total. The van der Waals surface area contributed by atoms with Crippen molar-refractivity contribution >= 4 is 26.0 Å². The van der Waals surface area contributed by atoms with Crippen molar-refractivity contribution < 1.29 is 22.6 Å². The Labute approximate surface area is 127 Å². The van der Waals surface area contributed by atoms with E-state index in [1.54, 1.807) is 13.0 Å². The summed E-state index contributed by atoms with van der Waals surface area (Å²) in [6.07, 6.45) is 0. The van der Waals surface area contributed by atoms with E-state index in [4.69, 9.17) is 14.2 Å². The van der Waals surface area contributed by atoms with Crippen LogP contribution in [0.5, 0.6) is 11.5 Å². The third-order valence-electron chi connectivity index (χ3n) is 2.50. The van der Waals surface area contributed by atoms with Gasteiger partial charge >= 0.3 is 0 Å². The van der Waals surface area contributed by atoms with Crippen LogP contribution in [-0.4, -0.2) is 42.4 Å². The van der Waals surface area contributed by atoms with Crippen LogP contribution in [-0.2, 0) is 14.8 Å². The van der Waals surface area contributed by atoms with Crippen LogP contribution in [0.1, 0.15) is 6.92 Å². The highest BCUT2D eigenvalue weighted by Crippen LogP contribution is 2.35. The molecule has 0 radical (unpaired) electrons. The van der Waals surface area contributed by atoms with Crippen LogP contribution in [0.3, 0.4) is 0 Å². The Hall–Kier alpha value is -0.830. The van der Waals surface area contributed by atoms with E-state index in [1.807, 2.05) is 0 Å². The van der Waals surface area contributed by atoms with E-state index in [-0.39, 0.29) is 17.5 Å². The molecule has 1 N–H and O–H groups in total. The van der Waals surface area contributed by atoms with Crippen molar-refractivity contribution in [1.29, 1.82) is 0 Å². The highest BCUT2D eigenvalue weighted by molar-refractivity contribution is 9.10. The fourth-order valence-electron chi connectivity index (χ4n) is 1.65. The van der Waals surface area contributed by atoms with Crippen LogP contribution in [0.15, 0.2) is 21.5 Å². The second kappa shape index (κ2) is 7.26. The molecule has 0 aromatic heterocycles. The average Bonchev–Trinajstić information content (AvgIpc) is 2.37. The number of hydrogen-bond donors (Lipinski definition) is 1. The van der Waals surface area contributed by atoms with Crippen LogP contribution < -0.4 is 14.2 Å². The van der Waals surface area contributed by atoms with Gasteiger partial charge in [-0.3, -0.25) is 0 Å². The zero-order valence-corrected chi connectivity index (χ0v) is 14.2. The molecule has 114 valence electrons. The van der Waals surface area contributed by atoms with Crippen molar-refractivity contribution in [1.82, 2.24) is 4.72 Å². The fraction of sp³-hybridized carbons (Fsp3) is 0.500. The molecule has 0 unspecified atom stereocenters.